The predicted octanol–water partition coefficient (Wildman–Crippen LogP) is 5.14. The van der Waals surface area contributed by atoms with Gasteiger partial charge in [0.15, 0.2) is 0 Å². The summed E-state index contributed by atoms with van der Waals surface area (Å²) >= 11 is 0. The maximum absolute atomic E-state index is 5.36. The number of unbranched alkanes of at least 4 members (excludes halogenated alkanes) is 1. The molecule has 0 saturated heterocycles. The lowest BCUT2D eigenvalue weighted by molar-refractivity contribution is 0.465. The summed E-state index contributed by atoms with van der Waals surface area (Å²) in [6.45, 7) is 3.18. The quantitative estimate of drug-likeness (QED) is 0.575. The van der Waals surface area contributed by atoms with Gasteiger partial charge in [0.1, 0.15) is 5.76 Å². The number of nitrogens with one attached hydrogen (secondary N) is 1. The van der Waals surface area contributed by atoms with Gasteiger partial charge in [0, 0.05) is 36.8 Å². The number of furan rings is 1. The van der Waals surface area contributed by atoms with Crippen molar-refractivity contribution in [2.45, 2.75) is 45.2 Å². The monoisotopic (exact) mass is 344 g/mol. The molecule has 24 heavy (non-hydrogen) atoms. The molecular formula is C20H25ClN2O. The molecule has 0 spiro atoms. The first kappa shape index (κ1) is 18.5. The molecule has 3 aromatic rings. The summed E-state index contributed by atoms with van der Waals surface area (Å²) in [5, 5.41) is 6.07. The molecule has 3 rings (SSSR count). The Morgan fingerprint density at radius 2 is 2.04 bits per heavy atom. The summed E-state index contributed by atoms with van der Waals surface area (Å²) in [5.41, 5.74) is 1.33. The third-order valence-electron chi connectivity index (χ3n) is 4.25. The van der Waals surface area contributed by atoms with Gasteiger partial charge in [-0.15, -0.1) is 12.4 Å². The van der Waals surface area contributed by atoms with Gasteiger partial charge in [0.05, 0.1) is 6.26 Å². The van der Waals surface area contributed by atoms with E-state index in [1.54, 1.807) is 6.26 Å². The zero-order chi connectivity index (χ0) is 15.9. The van der Waals surface area contributed by atoms with Crippen LogP contribution in [0.15, 0.2) is 59.5 Å². The van der Waals surface area contributed by atoms with Crippen molar-refractivity contribution in [3.8, 4) is 0 Å². The second-order valence-electron chi connectivity index (χ2n) is 6.16. The van der Waals surface area contributed by atoms with Gasteiger partial charge in [-0.3, -0.25) is 4.98 Å². The van der Waals surface area contributed by atoms with Crippen LogP contribution >= 0.6 is 12.4 Å². The van der Waals surface area contributed by atoms with Crippen molar-refractivity contribution < 1.29 is 4.42 Å². The molecule has 4 heteroatoms. The molecule has 0 amide bonds. The van der Waals surface area contributed by atoms with E-state index >= 15 is 0 Å². The Hall–Kier alpha value is -1.84. The van der Waals surface area contributed by atoms with Crippen molar-refractivity contribution in [3.05, 3.63) is 66.4 Å². The average molecular weight is 345 g/mol. The van der Waals surface area contributed by atoms with Crippen LogP contribution in [0.25, 0.3) is 10.8 Å². The molecule has 1 atom stereocenters. The maximum Gasteiger partial charge on any atom is 0.103 e. The number of pyridine rings is 1. The SMILES string of the molecule is C[C@H](CCCCc1ccco1)NCc1ccc2cnccc2c1.Cl. The lowest BCUT2D eigenvalue weighted by atomic mass is 10.1. The molecular weight excluding hydrogens is 320 g/mol. The summed E-state index contributed by atoms with van der Waals surface area (Å²) in [6, 6.07) is 13.2. The first-order valence-corrected chi connectivity index (χ1v) is 8.40. The second-order valence-corrected chi connectivity index (χ2v) is 6.16. The van der Waals surface area contributed by atoms with Gasteiger partial charge >= 0.3 is 0 Å². The van der Waals surface area contributed by atoms with E-state index in [0.717, 1.165) is 18.7 Å². The lowest BCUT2D eigenvalue weighted by Crippen LogP contribution is -2.25. The number of halogens is 1. The molecule has 128 valence electrons. The van der Waals surface area contributed by atoms with Crippen LogP contribution in [-0.2, 0) is 13.0 Å². The molecule has 1 N–H and O–H groups in total. The Labute approximate surface area is 149 Å². The van der Waals surface area contributed by atoms with Crippen molar-refractivity contribution in [3.63, 3.8) is 0 Å². The van der Waals surface area contributed by atoms with Crippen LogP contribution in [0.1, 0.15) is 37.5 Å². The van der Waals surface area contributed by atoms with Gasteiger partial charge in [-0.05, 0) is 55.0 Å². The van der Waals surface area contributed by atoms with Crippen LogP contribution in [-0.4, -0.2) is 11.0 Å². The molecule has 1 aromatic carbocycles. The van der Waals surface area contributed by atoms with Gasteiger partial charge in [-0.2, -0.15) is 0 Å². The highest BCUT2D eigenvalue weighted by atomic mass is 35.5. The van der Waals surface area contributed by atoms with Crippen LogP contribution in [0, 0.1) is 0 Å². The summed E-state index contributed by atoms with van der Waals surface area (Å²) in [6.07, 6.45) is 10.1. The molecule has 3 nitrogen and oxygen atoms in total. The zero-order valence-corrected chi connectivity index (χ0v) is 14.9. The van der Waals surface area contributed by atoms with Crippen LogP contribution in [0.4, 0.5) is 0 Å². The lowest BCUT2D eigenvalue weighted by Gasteiger charge is -2.14. The van der Waals surface area contributed by atoms with Crippen LogP contribution in [0.2, 0.25) is 0 Å². The van der Waals surface area contributed by atoms with E-state index in [0.29, 0.717) is 6.04 Å². The van der Waals surface area contributed by atoms with Gasteiger partial charge in [-0.1, -0.05) is 18.6 Å². The van der Waals surface area contributed by atoms with Gasteiger partial charge < -0.3 is 9.73 Å². The smallest absolute Gasteiger partial charge is 0.103 e. The van der Waals surface area contributed by atoms with E-state index in [-0.39, 0.29) is 12.4 Å². The van der Waals surface area contributed by atoms with Gasteiger partial charge in [0.2, 0.25) is 0 Å². The number of rotatable bonds is 8. The molecule has 0 aliphatic heterocycles. The summed E-state index contributed by atoms with van der Waals surface area (Å²) < 4.78 is 5.36. The van der Waals surface area contributed by atoms with E-state index in [4.69, 9.17) is 4.42 Å². The summed E-state index contributed by atoms with van der Waals surface area (Å²) in [4.78, 5) is 4.15. The largest absolute Gasteiger partial charge is 0.469 e. The highest BCUT2D eigenvalue weighted by Gasteiger charge is 2.03. The fourth-order valence-corrected chi connectivity index (χ4v) is 2.84. The highest BCUT2D eigenvalue weighted by Crippen LogP contribution is 2.15. The molecule has 0 fully saturated rings. The Morgan fingerprint density at radius 1 is 1.12 bits per heavy atom. The van der Waals surface area contributed by atoms with Gasteiger partial charge in [0.25, 0.3) is 0 Å². The normalized spacial score (nSPS) is 12.0. The average Bonchev–Trinajstić information content (AvgIpc) is 3.10. The Balaban J connectivity index is 0.00000208. The Morgan fingerprint density at radius 3 is 2.88 bits per heavy atom. The van der Waals surface area contributed by atoms with Crippen LogP contribution in [0.3, 0.4) is 0 Å². The van der Waals surface area contributed by atoms with Crippen molar-refractivity contribution in [1.29, 1.82) is 0 Å². The standard InChI is InChI=1S/C20H24N2O.ClH/c1-16(5-2-3-6-20-7-4-12-23-20)22-14-17-8-9-19-15-21-11-10-18(19)13-17;/h4,7-13,15-16,22H,2-3,5-6,14H2,1H3;1H/t16-;/m1./s1. The van der Waals surface area contributed by atoms with E-state index in [1.807, 2.05) is 18.5 Å². The fourth-order valence-electron chi connectivity index (χ4n) is 2.84. The Bertz CT molecular complexity index is 727. The van der Waals surface area contributed by atoms with Crippen molar-refractivity contribution in [2.75, 3.05) is 0 Å². The number of fused-ring (bicyclic) bond motifs is 1. The maximum atomic E-state index is 5.36. The topological polar surface area (TPSA) is 38.1 Å². The minimum atomic E-state index is 0. The van der Waals surface area contributed by atoms with Crippen molar-refractivity contribution >= 4 is 23.2 Å². The van der Waals surface area contributed by atoms with E-state index in [2.05, 4.69) is 47.6 Å². The second kappa shape index (κ2) is 9.45. The van der Waals surface area contributed by atoms with E-state index in [9.17, 15) is 0 Å². The summed E-state index contributed by atoms with van der Waals surface area (Å²) in [7, 11) is 0. The number of hydrogen-bond acceptors (Lipinski definition) is 3. The number of hydrogen-bond donors (Lipinski definition) is 1. The molecule has 2 aromatic heterocycles. The fraction of sp³-hybridized carbons (Fsp3) is 0.350. The third-order valence-corrected chi connectivity index (χ3v) is 4.25. The first-order chi connectivity index (χ1) is 11.3. The minimum absolute atomic E-state index is 0. The van der Waals surface area contributed by atoms with Gasteiger partial charge in [-0.25, -0.2) is 0 Å². The van der Waals surface area contributed by atoms with E-state index in [1.165, 1.54) is 35.6 Å². The first-order valence-electron chi connectivity index (χ1n) is 8.40. The molecule has 0 radical (unpaired) electrons. The third kappa shape index (κ3) is 5.36. The highest BCUT2D eigenvalue weighted by molar-refractivity contribution is 5.85. The van der Waals surface area contributed by atoms with Crippen molar-refractivity contribution in [2.24, 2.45) is 0 Å². The van der Waals surface area contributed by atoms with Crippen molar-refractivity contribution in [1.82, 2.24) is 10.3 Å². The number of benzene rings is 1. The molecule has 0 bridgehead atoms. The number of aromatic nitrogens is 1. The minimum Gasteiger partial charge on any atom is -0.469 e. The number of nitrogens with zero attached hydrogens (tertiary/aromatic N) is 1. The van der Waals surface area contributed by atoms with Crippen LogP contribution in [0.5, 0.6) is 0 Å². The molecule has 0 saturated carbocycles. The Kier molecular flexibility index (Phi) is 7.29. The molecule has 0 aliphatic rings. The zero-order valence-electron chi connectivity index (χ0n) is 14.1. The van der Waals surface area contributed by atoms with Crippen LogP contribution < -0.4 is 5.32 Å². The molecule has 0 aliphatic carbocycles. The number of aryl methyl sites for hydroxylation is 1. The predicted molar refractivity (Wildman–Crippen MR) is 102 cm³/mol. The summed E-state index contributed by atoms with van der Waals surface area (Å²) in [5.74, 6) is 1.09. The molecule has 2 heterocycles. The molecule has 0 unspecified atom stereocenters. The van der Waals surface area contributed by atoms with E-state index < -0.39 is 0 Å².